The first kappa shape index (κ1) is 14.6. The average Bonchev–Trinajstić information content (AvgIpc) is 2.11. The Morgan fingerprint density at radius 3 is 2.53 bits per heavy atom. The second kappa shape index (κ2) is 6.95. The molecule has 15 heavy (non-hydrogen) atoms. The third-order valence-corrected chi connectivity index (χ3v) is 2.57. The standard InChI is InChI=1S/C8H13F3O3S/c1-6(5-7(12)13-2)15-4-3-14-8(9,10)11/h6H,3-5H2,1-2H3. The molecule has 3 nitrogen and oxygen atoms in total. The molecule has 0 aliphatic carbocycles. The van der Waals surface area contributed by atoms with Crippen LogP contribution in [0.3, 0.4) is 0 Å². The van der Waals surface area contributed by atoms with Crippen molar-refractivity contribution >= 4 is 17.7 Å². The summed E-state index contributed by atoms with van der Waals surface area (Å²) < 4.78 is 42.6. The van der Waals surface area contributed by atoms with Gasteiger partial charge >= 0.3 is 12.3 Å². The van der Waals surface area contributed by atoms with E-state index in [1.165, 1.54) is 18.9 Å². The lowest BCUT2D eigenvalue weighted by Gasteiger charge is -2.10. The fraction of sp³-hybridized carbons (Fsp3) is 0.875. The molecule has 0 saturated heterocycles. The van der Waals surface area contributed by atoms with E-state index in [4.69, 9.17) is 0 Å². The van der Waals surface area contributed by atoms with Crippen LogP contribution in [0.4, 0.5) is 13.2 Å². The predicted molar refractivity (Wildman–Crippen MR) is 50.6 cm³/mol. The quantitative estimate of drug-likeness (QED) is 0.531. The van der Waals surface area contributed by atoms with Gasteiger partial charge in [0.1, 0.15) is 0 Å². The number of halogens is 3. The lowest BCUT2D eigenvalue weighted by molar-refractivity contribution is -0.322. The van der Waals surface area contributed by atoms with Crippen LogP contribution in [0.5, 0.6) is 0 Å². The van der Waals surface area contributed by atoms with Crippen LogP contribution in [0.15, 0.2) is 0 Å². The molecule has 0 rings (SSSR count). The monoisotopic (exact) mass is 246 g/mol. The number of carbonyl (C=O) groups is 1. The van der Waals surface area contributed by atoms with Crippen LogP contribution in [0.25, 0.3) is 0 Å². The smallest absolute Gasteiger partial charge is 0.469 e. The molecule has 0 aromatic carbocycles. The summed E-state index contributed by atoms with van der Waals surface area (Å²) in [4.78, 5) is 10.8. The van der Waals surface area contributed by atoms with Crippen molar-refractivity contribution in [1.29, 1.82) is 0 Å². The zero-order valence-corrected chi connectivity index (χ0v) is 9.28. The van der Waals surface area contributed by atoms with Crippen molar-refractivity contribution in [3.05, 3.63) is 0 Å². The van der Waals surface area contributed by atoms with Crippen molar-refractivity contribution in [2.45, 2.75) is 25.0 Å². The maximum Gasteiger partial charge on any atom is 0.522 e. The number of methoxy groups -OCH3 is 1. The molecule has 0 aliphatic rings. The first-order valence-corrected chi connectivity index (χ1v) is 5.29. The van der Waals surface area contributed by atoms with E-state index < -0.39 is 13.0 Å². The minimum Gasteiger partial charge on any atom is -0.469 e. The summed E-state index contributed by atoms with van der Waals surface area (Å²) in [6, 6.07) is 0. The molecule has 1 unspecified atom stereocenters. The summed E-state index contributed by atoms with van der Waals surface area (Å²) in [6.45, 7) is 1.34. The first-order valence-electron chi connectivity index (χ1n) is 4.24. The van der Waals surface area contributed by atoms with Crippen molar-refractivity contribution in [1.82, 2.24) is 0 Å². The van der Waals surface area contributed by atoms with Gasteiger partial charge < -0.3 is 4.74 Å². The zero-order valence-electron chi connectivity index (χ0n) is 8.47. The van der Waals surface area contributed by atoms with Crippen molar-refractivity contribution in [3.63, 3.8) is 0 Å². The fourth-order valence-electron chi connectivity index (χ4n) is 0.784. The highest BCUT2D eigenvalue weighted by Crippen LogP contribution is 2.19. The van der Waals surface area contributed by atoms with Crippen molar-refractivity contribution < 1.29 is 27.4 Å². The van der Waals surface area contributed by atoms with Crippen molar-refractivity contribution in [3.8, 4) is 0 Å². The molecule has 0 aromatic rings. The van der Waals surface area contributed by atoms with E-state index in [0.717, 1.165) is 0 Å². The molecule has 0 N–H and O–H groups in total. The SMILES string of the molecule is COC(=O)CC(C)SCCOC(F)(F)F. The van der Waals surface area contributed by atoms with Gasteiger partial charge in [0.05, 0.1) is 20.1 Å². The fourth-order valence-corrected chi connectivity index (χ4v) is 1.62. The summed E-state index contributed by atoms with van der Waals surface area (Å²) >= 11 is 1.23. The van der Waals surface area contributed by atoms with E-state index in [2.05, 4.69) is 9.47 Å². The van der Waals surface area contributed by atoms with Crippen LogP contribution >= 0.6 is 11.8 Å². The Bertz CT molecular complexity index is 196. The lowest BCUT2D eigenvalue weighted by Crippen LogP contribution is -2.16. The normalized spacial score (nSPS) is 13.7. The Hall–Kier alpha value is -0.430. The number of rotatable bonds is 6. The minimum absolute atomic E-state index is 0.0747. The Kier molecular flexibility index (Phi) is 6.75. The van der Waals surface area contributed by atoms with E-state index in [0.29, 0.717) is 0 Å². The number of alkyl halides is 3. The maximum absolute atomic E-state index is 11.5. The van der Waals surface area contributed by atoms with Crippen LogP contribution in [0, 0.1) is 0 Å². The largest absolute Gasteiger partial charge is 0.522 e. The first-order chi connectivity index (χ1) is 6.85. The molecule has 0 heterocycles. The van der Waals surface area contributed by atoms with Gasteiger partial charge in [-0.15, -0.1) is 13.2 Å². The number of ether oxygens (including phenoxy) is 2. The highest BCUT2D eigenvalue weighted by Gasteiger charge is 2.28. The number of hydrogen-bond acceptors (Lipinski definition) is 4. The highest BCUT2D eigenvalue weighted by atomic mass is 32.2. The number of thioether (sulfide) groups is 1. The summed E-state index contributed by atoms with van der Waals surface area (Å²) in [5, 5.41) is -0.0747. The molecule has 0 bridgehead atoms. The molecule has 1 atom stereocenters. The van der Waals surface area contributed by atoms with Crippen molar-refractivity contribution in [2.24, 2.45) is 0 Å². The van der Waals surface area contributed by atoms with Gasteiger partial charge in [-0.1, -0.05) is 6.92 Å². The molecule has 7 heteroatoms. The van der Waals surface area contributed by atoms with Gasteiger partial charge in [-0.3, -0.25) is 9.53 Å². The molecule has 0 radical (unpaired) electrons. The molecule has 90 valence electrons. The van der Waals surface area contributed by atoms with Crippen LogP contribution in [0.1, 0.15) is 13.3 Å². The number of esters is 1. The molecule has 0 spiro atoms. The second-order valence-electron chi connectivity index (χ2n) is 2.76. The number of hydrogen-bond donors (Lipinski definition) is 0. The lowest BCUT2D eigenvalue weighted by atomic mass is 10.3. The van der Waals surface area contributed by atoms with Gasteiger partial charge in [0, 0.05) is 11.0 Å². The predicted octanol–water partition coefficient (Wildman–Crippen LogP) is 2.21. The summed E-state index contributed by atoms with van der Waals surface area (Å²) in [5.41, 5.74) is 0. The summed E-state index contributed by atoms with van der Waals surface area (Å²) in [7, 11) is 1.27. The molecular weight excluding hydrogens is 233 g/mol. The minimum atomic E-state index is -4.58. The summed E-state index contributed by atoms with van der Waals surface area (Å²) in [5.74, 6) is -0.177. The maximum atomic E-state index is 11.5. The van der Waals surface area contributed by atoms with E-state index in [-0.39, 0.29) is 23.4 Å². The van der Waals surface area contributed by atoms with Gasteiger partial charge in [-0.25, -0.2) is 0 Å². The molecule has 0 aromatic heterocycles. The van der Waals surface area contributed by atoms with E-state index in [1.54, 1.807) is 6.92 Å². The Labute approximate surface area is 90.3 Å². The van der Waals surface area contributed by atoms with Gasteiger partial charge in [0.15, 0.2) is 0 Å². The third kappa shape index (κ3) is 9.86. The Balaban J connectivity index is 3.47. The van der Waals surface area contributed by atoms with Gasteiger partial charge in [-0.2, -0.15) is 11.8 Å². The van der Waals surface area contributed by atoms with Gasteiger partial charge in [0.25, 0.3) is 0 Å². The third-order valence-electron chi connectivity index (χ3n) is 1.43. The van der Waals surface area contributed by atoms with Crippen LogP contribution < -0.4 is 0 Å². The Morgan fingerprint density at radius 2 is 2.07 bits per heavy atom. The van der Waals surface area contributed by atoms with Crippen LogP contribution in [-0.2, 0) is 14.3 Å². The van der Waals surface area contributed by atoms with Crippen molar-refractivity contribution in [2.75, 3.05) is 19.5 Å². The van der Waals surface area contributed by atoms with E-state index >= 15 is 0 Å². The van der Waals surface area contributed by atoms with Crippen LogP contribution in [0.2, 0.25) is 0 Å². The Morgan fingerprint density at radius 1 is 1.47 bits per heavy atom. The summed E-state index contributed by atoms with van der Waals surface area (Å²) in [6.07, 6.45) is -4.39. The molecule has 0 amide bonds. The van der Waals surface area contributed by atoms with Gasteiger partial charge in [-0.05, 0) is 0 Å². The zero-order chi connectivity index (χ0) is 11.9. The topological polar surface area (TPSA) is 35.5 Å². The second-order valence-corrected chi connectivity index (χ2v) is 4.30. The highest BCUT2D eigenvalue weighted by molar-refractivity contribution is 7.99. The molecule has 0 saturated carbocycles. The van der Waals surface area contributed by atoms with E-state index in [9.17, 15) is 18.0 Å². The average molecular weight is 246 g/mol. The molecular formula is C8H13F3O3S. The molecule has 0 fully saturated rings. The van der Waals surface area contributed by atoms with E-state index in [1.807, 2.05) is 0 Å². The molecule has 0 aliphatic heterocycles. The number of carbonyl (C=O) groups excluding carboxylic acids is 1. The van der Waals surface area contributed by atoms with Crippen LogP contribution in [-0.4, -0.2) is 37.1 Å². The van der Waals surface area contributed by atoms with Gasteiger partial charge in [0.2, 0.25) is 0 Å².